The summed E-state index contributed by atoms with van der Waals surface area (Å²) in [4.78, 5) is 3.51. The van der Waals surface area contributed by atoms with Gasteiger partial charge in [0.05, 0.1) is 5.56 Å². The highest BCUT2D eigenvalue weighted by atomic mass is 32.1. The number of thiophene rings is 1. The number of nitriles is 3. The fraction of sp³-hybridized carbons (Fsp3) is 0.250. The molecular weight excluding hydrogens is 776 g/mol. The van der Waals surface area contributed by atoms with Crippen LogP contribution in [0.25, 0.3) is 18.2 Å². The summed E-state index contributed by atoms with van der Waals surface area (Å²) in [5.74, 6) is -11.3. The first-order valence-electron chi connectivity index (χ1n) is 18.1. The number of unbranched alkanes of at least 4 members (excludes halogenated alkanes) is 2. The zero-order chi connectivity index (χ0) is 41.8. The molecular formula is C44H37F5N4O4S. The number of hydrogen-bond acceptors (Lipinski definition) is 9. The van der Waals surface area contributed by atoms with E-state index in [9.17, 15) is 39.2 Å². The van der Waals surface area contributed by atoms with Gasteiger partial charge >= 0.3 is 0 Å². The molecule has 0 spiro atoms. The summed E-state index contributed by atoms with van der Waals surface area (Å²) in [6.45, 7) is 2.89. The Kier molecular flexibility index (Phi) is 14.6. The molecule has 0 bridgehead atoms. The molecule has 14 heteroatoms. The topological polar surface area (TPSA) is 134 Å². The molecule has 2 heterocycles. The van der Waals surface area contributed by atoms with E-state index in [1.54, 1.807) is 18.2 Å². The van der Waals surface area contributed by atoms with Crippen LogP contribution in [0.5, 0.6) is 5.75 Å². The summed E-state index contributed by atoms with van der Waals surface area (Å²) in [6, 6.07) is 23.9. The molecule has 0 fully saturated rings. The number of anilines is 1. The normalized spacial score (nSPS) is 15.1. The highest BCUT2D eigenvalue weighted by Crippen LogP contribution is 2.49. The second kappa shape index (κ2) is 19.8. The summed E-state index contributed by atoms with van der Waals surface area (Å²) in [5.41, 5.74) is -2.83. The highest BCUT2D eigenvalue weighted by molar-refractivity contribution is 7.13. The molecule has 0 radical (unpaired) electrons. The molecule has 8 nitrogen and oxygen atoms in total. The predicted molar refractivity (Wildman–Crippen MR) is 210 cm³/mol. The number of aliphatic hydroxyl groups is 2. The van der Waals surface area contributed by atoms with Crippen LogP contribution >= 0.6 is 11.3 Å². The van der Waals surface area contributed by atoms with Gasteiger partial charge < -0.3 is 24.6 Å². The van der Waals surface area contributed by atoms with Crippen LogP contribution in [0.15, 0.2) is 89.2 Å². The van der Waals surface area contributed by atoms with Crippen molar-refractivity contribution in [2.24, 2.45) is 0 Å². The Morgan fingerprint density at radius 2 is 1.36 bits per heavy atom. The highest BCUT2D eigenvalue weighted by Gasteiger charge is 2.49. The fourth-order valence-corrected chi connectivity index (χ4v) is 7.15. The van der Waals surface area contributed by atoms with Crippen LogP contribution < -0.4 is 9.64 Å². The van der Waals surface area contributed by atoms with E-state index in [0.29, 0.717) is 43.2 Å². The quantitative estimate of drug-likeness (QED) is 0.0354. The van der Waals surface area contributed by atoms with E-state index in [-0.39, 0.29) is 18.8 Å². The largest absolute Gasteiger partial charge is 0.488 e. The lowest BCUT2D eigenvalue weighted by atomic mass is 9.85. The van der Waals surface area contributed by atoms with Crippen molar-refractivity contribution in [1.29, 1.82) is 15.8 Å². The number of rotatable bonds is 17. The van der Waals surface area contributed by atoms with E-state index in [1.807, 2.05) is 60.7 Å². The minimum absolute atomic E-state index is 0.0919. The van der Waals surface area contributed by atoms with Gasteiger partial charge in [-0.3, -0.25) is 0 Å². The average Bonchev–Trinajstić information content (AvgIpc) is 3.81. The van der Waals surface area contributed by atoms with Crippen molar-refractivity contribution in [3.8, 4) is 24.0 Å². The van der Waals surface area contributed by atoms with Gasteiger partial charge in [0.2, 0.25) is 5.82 Å². The second-order valence-corrected chi connectivity index (χ2v) is 14.3. The van der Waals surface area contributed by atoms with Crippen LogP contribution in [0, 0.1) is 63.1 Å². The van der Waals surface area contributed by atoms with E-state index >= 15 is 8.78 Å². The SMILES string of the molecule is CC1(c2c(F)c(F)c(F)c(F)c2F)OC(=C(C#N)C#N)C(C#N)=C1/C=C/c1ccc(/C=C/c2ccc(N(CCCCO)CCCCO)cc2OCc2ccccc2)s1. The number of benzene rings is 3. The molecule has 2 N–H and O–H groups in total. The van der Waals surface area contributed by atoms with Gasteiger partial charge in [0.25, 0.3) is 0 Å². The number of ether oxygens (including phenoxy) is 2. The molecule has 4 aromatic rings. The lowest BCUT2D eigenvalue weighted by Gasteiger charge is -2.28. The van der Waals surface area contributed by atoms with Crippen LogP contribution in [-0.2, 0) is 16.9 Å². The van der Waals surface area contributed by atoms with E-state index < -0.39 is 57.2 Å². The third-order valence-corrected chi connectivity index (χ3v) is 10.3. The third-order valence-electron chi connectivity index (χ3n) is 9.33. The van der Waals surface area contributed by atoms with Gasteiger partial charge in [0, 0.05) is 58.9 Å². The zero-order valence-electron chi connectivity index (χ0n) is 31.2. The first-order valence-corrected chi connectivity index (χ1v) is 19.0. The molecule has 0 amide bonds. The Bertz CT molecular complexity index is 2340. The number of halogens is 5. The lowest BCUT2D eigenvalue weighted by molar-refractivity contribution is 0.0660. The van der Waals surface area contributed by atoms with Crippen LogP contribution in [0.3, 0.4) is 0 Å². The van der Waals surface area contributed by atoms with Crippen molar-refractivity contribution < 1.29 is 41.6 Å². The summed E-state index contributed by atoms with van der Waals surface area (Å²) in [7, 11) is 0. The van der Waals surface area contributed by atoms with Crippen molar-refractivity contribution in [2.75, 3.05) is 31.2 Å². The van der Waals surface area contributed by atoms with E-state index in [1.165, 1.54) is 35.6 Å². The predicted octanol–water partition coefficient (Wildman–Crippen LogP) is 9.62. The molecule has 3 aromatic carbocycles. The summed E-state index contributed by atoms with van der Waals surface area (Å²) in [5, 5.41) is 47.8. The molecule has 5 rings (SSSR count). The van der Waals surface area contributed by atoms with Gasteiger partial charge in [-0.15, -0.1) is 11.3 Å². The summed E-state index contributed by atoms with van der Waals surface area (Å²) in [6.07, 6.45) is 9.26. The van der Waals surface area contributed by atoms with Crippen molar-refractivity contribution in [3.63, 3.8) is 0 Å². The van der Waals surface area contributed by atoms with Crippen LogP contribution in [0.1, 0.15) is 59.1 Å². The standard InChI is InChI=1S/C44H37F5N4O4S/c1-44(37-38(45)40(47)42(49)41(48)39(37)46)35(34(26-52)43(57-44)30(24-50)25-51)18-17-33-16-15-32(58-33)14-12-29-11-13-31(53(19-5-7-21-54)20-6-8-22-55)23-36(29)56-27-28-9-3-2-4-10-28/h2-4,9-18,23,54-55H,5-8,19-22,27H2,1H3/b14-12+,18-17+. The van der Waals surface area contributed by atoms with Gasteiger partial charge in [0.15, 0.2) is 40.2 Å². The van der Waals surface area contributed by atoms with Gasteiger partial charge in [-0.2, -0.15) is 15.8 Å². The smallest absolute Gasteiger partial charge is 0.200 e. The Morgan fingerprint density at radius 3 is 1.93 bits per heavy atom. The first-order chi connectivity index (χ1) is 28.0. The van der Waals surface area contributed by atoms with Crippen LogP contribution in [0.2, 0.25) is 0 Å². The zero-order valence-corrected chi connectivity index (χ0v) is 32.1. The van der Waals surface area contributed by atoms with Gasteiger partial charge in [-0.1, -0.05) is 36.4 Å². The molecule has 0 saturated heterocycles. The summed E-state index contributed by atoms with van der Waals surface area (Å²) < 4.78 is 85.3. The third kappa shape index (κ3) is 9.47. The number of allylic oxidation sites excluding steroid dienone is 2. The number of hydrogen-bond donors (Lipinski definition) is 2. The van der Waals surface area contributed by atoms with E-state index in [0.717, 1.165) is 41.5 Å². The second-order valence-electron chi connectivity index (χ2n) is 13.2. The average molecular weight is 813 g/mol. The Hall–Kier alpha value is -6.24. The maximum Gasteiger partial charge on any atom is 0.200 e. The lowest BCUT2D eigenvalue weighted by Crippen LogP contribution is -2.28. The number of nitrogens with zero attached hydrogens (tertiary/aromatic N) is 4. The fourth-order valence-electron chi connectivity index (χ4n) is 6.34. The van der Waals surface area contributed by atoms with Crippen molar-refractivity contribution in [3.05, 3.63) is 145 Å². The maximum absolute atomic E-state index is 15.2. The number of aliphatic hydroxyl groups excluding tert-OH is 2. The molecule has 0 saturated carbocycles. The van der Waals surface area contributed by atoms with Gasteiger partial charge in [0.1, 0.15) is 36.1 Å². The Balaban J connectivity index is 1.49. The molecule has 298 valence electrons. The molecule has 1 atom stereocenters. The maximum atomic E-state index is 15.2. The van der Waals surface area contributed by atoms with Crippen LogP contribution in [0.4, 0.5) is 27.6 Å². The Labute approximate surface area is 336 Å². The molecule has 1 unspecified atom stereocenters. The van der Waals surface area contributed by atoms with Crippen LogP contribution in [-0.4, -0.2) is 36.5 Å². The van der Waals surface area contributed by atoms with E-state index in [4.69, 9.17) is 9.47 Å². The molecule has 1 aliphatic heterocycles. The van der Waals surface area contributed by atoms with Crippen molar-refractivity contribution >= 4 is 35.3 Å². The molecule has 58 heavy (non-hydrogen) atoms. The monoisotopic (exact) mass is 812 g/mol. The van der Waals surface area contributed by atoms with Gasteiger partial charge in [-0.05, 0) is 80.7 Å². The van der Waals surface area contributed by atoms with Crippen molar-refractivity contribution in [1.82, 2.24) is 0 Å². The Morgan fingerprint density at radius 1 is 0.776 bits per heavy atom. The minimum atomic E-state index is -2.52. The molecule has 1 aromatic heterocycles. The molecule has 0 aliphatic carbocycles. The first kappa shape index (κ1) is 42.9. The summed E-state index contributed by atoms with van der Waals surface area (Å²) >= 11 is 1.27. The van der Waals surface area contributed by atoms with Crippen molar-refractivity contribution in [2.45, 2.75) is 44.8 Å². The minimum Gasteiger partial charge on any atom is -0.488 e. The van der Waals surface area contributed by atoms with Gasteiger partial charge in [-0.25, -0.2) is 22.0 Å². The molecule has 1 aliphatic rings. The van der Waals surface area contributed by atoms with E-state index in [2.05, 4.69) is 4.90 Å².